The maximum absolute atomic E-state index is 13.0. The van der Waals surface area contributed by atoms with Crippen LogP contribution in [-0.2, 0) is 11.2 Å². The van der Waals surface area contributed by atoms with Crippen molar-refractivity contribution in [3.05, 3.63) is 23.8 Å². The van der Waals surface area contributed by atoms with Crippen molar-refractivity contribution in [2.45, 2.75) is 57.8 Å². The Morgan fingerprint density at radius 2 is 1.76 bits per heavy atom. The number of nitrogens with two attached hydrogens (primary N) is 1. The number of aryl methyl sites for hydroxylation is 1. The van der Waals surface area contributed by atoms with Crippen molar-refractivity contribution in [1.29, 1.82) is 0 Å². The summed E-state index contributed by atoms with van der Waals surface area (Å²) in [6.45, 7) is 0.853. The predicted octanol–water partition coefficient (Wildman–Crippen LogP) is 3.91. The van der Waals surface area contributed by atoms with Crippen LogP contribution in [0.25, 0.3) is 0 Å². The van der Waals surface area contributed by atoms with E-state index in [0.717, 1.165) is 43.6 Å². The first-order valence-electron chi connectivity index (χ1n) is 8.45. The van der Waals surface area contributed by atoms with Crippen LogP contribution in [0.2, 0.25) is 0 Å². The molecule has 0 atom stereocenters. The Kier molecular flexibility index (Phi) is 4.47. The molecule has 2 aliphatic rings. The summed E-state index contributed by atoms with van der Waals surface area (Å²) in [5, 5.41) is 0. The second-order valence-electron chi connectivity index (χ2n) is 6.52. The third kappa shape index (κ3) is 3.22. The molecule has 1 amide bonds. The molecule has 3 rings (SSSR count). The van der Waals surface area contributed by atoms with E-state index in [0.29, 0.717) is 5.91 Å². The molecular weight excluding hydrogens is 260 g/mol. The Morgan fingerprint density at radius 3 is 2.52 bits per heavy atom. The third-order valence-corrected chi connectivity index (χ3v) is 4.95. The standard InChI is InChI=1S/C18H26N2O/c19-16-11-10-14-9-6-12-20(17(14)13-16)18(21)15-7-4-2-1-3-5-8-15/h10-11,13,15H,1-9,12,19H2. The Morgan fingerprint density at radius 1 is 1.05 bits per heavy atom. The van der Waals surface area contributed by atoms with E-state index in [2.05, 4.69) is 6.07 Å². The molecule has 1 aromatic rings. The summed E-state index contributed by atoms with van der Waals surface area (Å²) in [6.07, 6.45) is 10.6. The number of rotatable bonds is 1. The molecule has 114 valence electrons. The van der Waals surface area contributed by atoms with Crippen LogP contribution in [0.3, 0.4) is 0 Å². The van der Waals surface area contributed by atoms with Gasteiger partial charge in [0.15, 0.2) is 0 Å². The number of nitrogens with zero attached hydrogens (tertiary/aromatic N) is 1. The Balaban J connectivity index is 1.80. The minimum absolute atomic E-state index is 0.220. The lowest BCUT2D eigenvalue weighted by atomic mass is 9.89. The van der Waals surface area contributed by atoms with Crippen molar-refractivity contribution in [3.63, 3.8) is 0 Å². The normalized spacial score (nSPS) is 20.5. The fourth-order valence-electron chi connectivity index (χ4n) is 3.74. The van der Waals surface area contributed by atoms with Crippen LogP contribution in [0.1, 0.15) is 56.9 Å². The fourth-order valence-corrected chi connectivity index (χ4v) is 3.74. The number of nitrogen functional groups attached to an aromatic ring is 1. The molecule has 21 heavy (non-hydrogen) atoms. The summed E-state index contributed by atoms with van der Waals surface area (Å²) in [5.74, 6) is 0.557. The van der Waals surface area contributed by atoms with Gasteiger partial charge in [-0.1, -0.05) is 38.2 Å². The van der Waals surface area contributed by atoms with E-state index in [1.165, 1.54) is 37.7 Å². The second-order valence-corrected chi connectivity index (χ2v) is 6.52. The number of amides is 1. The SMILES string of the molecule is Nc1ccc2c(c1)N(C(=O)C1CCCCCCC1)CCC2. The molecule has 0 aromatic heterocycles. The van der Waals surface area contributed by atoms with E-state index in [1.807, 2.05) is 17.0 Å². The largest absolute Gasteiger partial charge is 0.399 e. The molecule has 0 unspecified atom stereocenters. The first-order chi connectivity index (χ1) is 10.3. The first kappa shape index (κ1) is 14.4. The van der Waals surface area contributed by atoms with Crippen molar-refractivity contribution >= 4 is 17.3 Å². The highest BCUT2D eigenvalue weighted by molar-refractivity contribution is 5.96. The molecule has 1 aromatic carbocycles. The van der Waals surface area contributed by atoms with Crippen LogP contribution in [0.5, 0.6) is 0 Å². The Labute approximate surface area is 127 Å². The molecule has 0 saturated heterocycles. The number of hydrogen-bond donors (Lipinski definition) is 1. The minimum atomic E-state index is 0.220. The summed E-state index contributed by atoms with van der Waals surface area (Å²) < 4.78 is 0. The van der Waals surface area contributed by atoms with Gasteiger partial charge in [0.05, 0.1) is 0 Å². The minimum Gasteiger partial charge on any atom is -0.399 e. The number of benzene rings is 1. The first-order valence-corrected chi connectivity index (χ1v) is 8.45. The van der Waals surface area contributed by atoms with E-state index in [9.17, 15) is 4.79 Å². The molecule has 2 N–H and O–H groups in total. The lowest BCUT2D eigenvalue weighted by Crippen LogP contribution is -2.40. The quantitative estimate of drug-likeness (QED) is 0.796. The van der Waals surface area contributed by atoms with Gasteiger partial charge >= 0.3 is 0 Å². The van der Waals surface area contributed by atoms with Gasteiger partial charge < -0.3 is 10.6 Å². The van der Waals surface area contributed by atoms with E-state index in [-0.39, 0.29) is 5.92 Å². The van der Waals surface area contributed by atoms with Crippen molar-refractivity contribution < 1.29 is 4.79 Å². The van der Waals surface area contributed by atoms with Crippen molar-refractivity contribution in [2.75, 3.05) is 17.2 Å². The zero-order chi connectivity index (χ0) is 14.7. The molecule has 3 nitrogen and oxygen atoms in total. The van der Waals surface area contributed by atoms with E-state index < -0.39 is 0 Å². The van der Waals surface area contributed by atoms with Gasteiger partial charge in [0.25, 0.3) is 0 Å². The predicted molar refractivity (Wildman–Crippen MR) is 87.3 cm³/mol. The average Bonchev–Trinajstić information content (AvgIpc) is 2.45. The van der Waals surface area contributed by atoms with Crippen LogP contribution in [0.15, 0.2) is 18.2 Å². The average molecular weight is 286 g/mol. The molecule has 1 fully saturated rings. The van der Waals surface area contributed by atoms with Crippen LogP contribution < -0.4 is 10.6 Å². The second kappa shape index (κ2) is 6.50. The maximum Gasteiger partial charge on any atom is 0.230 e. The molecule has 1 heterocycles. The smallest absolute Gasteiger partial charge is 0.230 e. The summed E-state index contributed by atoms with van der Waals surface area (Å²) in [6, 6.07) is 6.01. The highest BCUT2D eigenvalue weighted by atomic mass is 16.2. The summed E-state index contributed by atoms with van der Waals surface area (Å²) in [7, 11) is 0. The van der Waals surface area contributed by atoms with E-state index >= 15 is 0 Å². The molecule has 1 aliphatic carbocycles. The number of hydrogen-bond acceptors (Lipinski definition) is 2. The number of carbonyl (C=O) groups excluding carboxylic acids is 1. The van der Waals surface area contributed by atoms with Crippen molar-refractivity contribution in [3.8, 4) is 0 Å². The molecule has 1 aliphatic heterocycles. The lowest BCUT2D eigenvalue weighted by molar-refractivity contribution is -0.123. The molecule has 1 saturated carbocycles. The van der Waals surface area contributed by atoms with Gasteiger partial charge in [-0.3, -0.25) is 4.79 Å². The van der Waals surface area contributed by atoms with E-state index in [1.54, 1.807) is 0 Å². The Hall–Kier alpha value is -1.51. The van der Waals surface area contributed by atoms with Crippen LogP contribution in [0, 0.1) is 5.92 Å². The zero-order valence-electron chi connectivity index (χ0n) is 12.8. The fraction of sp³-hybridized carbons (Fsp3) is 0.611. The number of carbonyl (C=O) groups is 1. The summed E-state index contributed by atoms with van der Waals surface area (Å²) in [4.78, 5) is 15.0. The molecule has 0 spiro atoms. The number of anilines is 2. The molecule has 0 radical (unpaired) electrons. The molecular formula is C18H26N2O. The van der Waals surface area contributed by atoms with Gasteiger partial charge in [-0.2, -0.15) is 0 Å². The van der Waals surface area contributed by atoms with Gasteiger partial charge in [-0.25, -0.2) is 0 Å². The maximum atomic E-state index is 13.0. The highest BCUT2D eigenvalue weighted by Gasteiger charge is 2.28. The molecule has 3 heteroatoms. The van der Waals surface area contributed by atoms with Gasteiger partial charge in [0, 0.05) is 23.8 Å². The zero-order valence-corrected chi connectivity index (χ0v) is 12.8. The third-order valence-electron chi connectivity index (χ3n) is 4.95. The summed E-state index contributed by atoms with van der Waals surface area (Å²) >= 11 is 0. The van der Waals surface area contributed by atoms with Crippen molar-refractivity contribution in [1.82, 2.24) is 0 Å². The van der Waals surface area contributed by atoms with Gasteiger partial charge in [-0.05, 0) is 43.4 Å². The number of fused-ring (bicyclic) bond motifs is 1. The highest BCUT2D eigenvalue weighted by Crippen LogP contribution is 2.32. The van der Waals surface area contributed by atoms with Gasteiger partial charge in [-0.15, -0.1) is 0 Å². The van der Waals surface area contributed by atoms with Gasteiger partial charge in [0.1, 0.15) is 0 Å². The molecule has 0 bridgehead atoms. The Bertz CT molecular complexity index is 504. The van der Waals surface area contributed by atoms with Crippen LogP contribution in [-0.4, -0.2) is 12.5 Å². The lowest BCUT2D eigenvalue weighted by Gasteiger charge is -2.33. The van der Waals surface area contributed by atoms with E-state index in [4.69, 9.17) is 5.73 Å². The monoisotopic (exact) mass is 286 g/mol. The van der Waals surface area contributed by atoms with Crippen molar-refractivity contribution in [2.24, 2.45) is 5.92 Å². The van der Waals surface area contributed by atoms with Crippen LogP contribution in [0.4, 0.5) is 11.4 Å². The van der Waals surface area contributed by atoms with Crippen LogP contribution >= 0.6 is 0 Å². The van der Waals surface area contributed by atoms with Gasteiger partial charge in [0.2, 0.25) is 5.91 Å². The topological polar surface area (TPSA) is 46.3 Å². The summed E-state index contributed by atoms with van der Waals surface area (Å²) in [5.41, 5.74) is 9.02.